The van der Waals surface area contributed by atoms with Gasteiger partial charge < -0.3 is 10.1 Å². The molecule has 0 aliphatic rings. The number of carbonyl (C=O) groups is 2. The highest BCUT2D eigenvalue weighted by atomic mass is 35.5. The molecule has 8 heteroatoms. The molecular formula is C17H13ClF3NO3. The van der Waals surface area contributed by atoms with Crippen molar-refractivity contribution in [1.29, 1.82) is 0 Å². The Labute approximate surface area is 146 Å². The molecule has 4 nitrogen and oxygen atoms in total. The van der Waals surface area contributed by atoms with E-state index >= 15 is 0 Å². The van der Waals surface area contributed by atoms with Gasteiger partial charge in [-0.1, -0.05) is 29.8 Å². The summed E-state index contributed by atoms with van der Waals surface area (Å²) in [6.07, 6.45) is -4.51. The molecule has 2 aromatic rings. The highest BCUT2D eigenvalue weighted by Crippen LogP contribution is 2.31. The van der Waals surface area contributed by atoms with E-state index in [4.69, 9.17) is 16.3 Å². The molecule has 25 heavy (non-hydrogen) atoms. The molecule has 2 rings (SSSR count). The number of esters is 1. The third kappa shape index (κ3) is 5.49. The molecule has 0 aliphatic heterocycles. The fourth-order valence-electron chi connectivity index (χ4n) is 2.00. The Balaban J connectivity index is 1.87. The Morgan fingerprint density at radius 1 is 1.04 bits per heavy atom. The maximum atomic E-state index is 12.9. The number of benzene rings is 2. The predicted octanol–water partition coefficient (Wildman–Crippen LogP) is 3.83. The molecule has 132 valence electrons. The Hall–Kier alpha value is -2.54. The number of alkyl halides is 3. The van der Waals surface area contributed by atoms with Crippen LogP contribution >= 0.6 is 11.6 Å². The van der Waals surface area contributed by atoms with Crippen molar-refractivity contribution >= 4 is 23.5 Å². The molecule has 0 bridgehead atoms. The van der Waals surface area contributed by atoms with Crippen LogP contribution in [0.25, 0.3) is 0 Å². The molecule has 0 unspecified atom stereocenters. The zero-order chi connectivity index (χ0) is 18.4. The number of hydrogen-bond donors (Lipinski definition) is 1. The molecule has 0 fully saturated rings. The summed E-state index contributed by atoms with van der Waals surface area (Å²) in [5.74, 6) is -1.44. The number of carbonyl (C=O) groups excluding carboxylic acids is 2. The fourth-order valence-corrected chi connectivity index (χ4v) is 2.12. The number of rotatable bonds is 5. The van der Waals surface area contributed by atoms with Crippen molar-refractivity contribution in [3.63, 3.8) is 0 Å². The summed E-state index contributed by atoms with van der Waals surface area (Å²) < 4.78 is 43.4. The van der Waals surface area contributed by atoms with Crippen molar-refractivity contribution in [2.24, 2.45) is 0 Å². The summed E-state index contributed by atoms with van der Waals surface area (Å²) in [6, 6.07) is 10.8. The van der Waals surface area contributed by atoms with Gasteiger partial charge in [0.15, 0.2) is 6.61 Å². The molecule has 0 radical (unpaired) electrons. The lowest BCUT2D eigenvalue weighted by atomic mass is 10.1. The van der Waals surface area contributed by atoms with Gasteiger partial charge in [0, 0.05) is 11.6 Å². The van der Waals surface area contributed by atoms with E-state index in [0.717, 1.165) is 6.07 Å². The van der Waals surface area contributed by atoms with Crippen LogP contribution in [-0.4, -0.2) is 18.5 Å². The van der Waals surface area contributed by atoms with Crippen molar-refractivity contribution in [2.45, 2.75) is 12.7 Å². The van der Waals surface area contributed by atoms with E-state index in [-0.39, 0.29) is 17.7 Å². The standard InChI is InChI=1S/C17H13ClF3NO3/c18-13-7-5-11(6-8-13)16(24)25-10-15(23)22-9-12-3-1-2-4-14(12)17(19,20)21/h1-8H,9-10H2,(H,22,23). The second kappa shape index (κ2) is 8.02. The van der Waals surface area contributed by atoms with Crippen molar-refractivity contribution in [3.8, 4) is 0 Å². The van der Waals surface area contributed by atoms with Gasteiger partial charge in [0.05, 0.1) is 11.1 Å². The number of hydrogen-bond acceptors (Lipinski definition) is 3. The molecule has 1 amide bonds. The molecule has 0 saturated heterocycles. The van der Waals surface area contributed by atoms with Crippen molar-refractivity contribution in [2.75, 3.05) is 6.61 Å². The van der Waals surface area contributed by atoms with E-state index < -0.39 is 30.2 Å². The normalized spacial score (nSPS) is 11.0. The molecule has 0 spiro atoms. The van der Waals surface area contributed by atoms with E-state index in [1.165, 1.54) is 42.5 Å². The van der Waals surface area contributed by atoms with Gasteiger partial charge in [-0.25, -0.2) is 4.79 Å². The molecular weight excluding hydrogens is 359 g/mol. The highest BCUT2D eigenvalue weighted by molar-refractivity contribution is 6.30. The minimum Gasteiger partial charge on any atom is -0.452 e. The van der Waals surface area contributed by atoms with Crippen LogP contribution in [0.1, 0.15) is 21.5 Å². The summed E-state index contributed by atoms with van der Waals surface area (Å²) in [4.78, 5) is 23.4. The zero-order valence-electron chi connectivity index (χ0n) is 12.8. The van der Waals surface area contributed by atoms with Crippen LogP contribution in [0, 0.1) is 0 Å². The largest absolute Gasteiger partial charge is 0.452 e. The van der Waals surface area contributed by atoms with Gasteiger partial charge in [0.25, 0.3) is 5.91 Å². The van der Waals surface area contributed by atoms with Crippen LogP contribution in [0.15, 0.2) is 48.5 Å². The van der Waals surface area contributed by atoms with Gasteiger partial charge in [0.1, 0.15) is 0 Å². The second-order valence-electron chi connectivity index (χ2n) is 5.01. The lowest BCUT2D eigenvalue weighted by molar-refractivity contribution is -0.138. The van der Waals surface area contributed by atoms with E-state index in [1.54, 1.807) is 0 Å². The summed E-state index contributed by atoms with van der Waals surface area (Å²) in [6.45, 7) is -0.928. The second-order valence-corrected chi connectivity index (χ2v) is 5.45. The summed E-state index contributed by atoms with van der Waals surface area (Å²) >= 11 is 5.69. The topological polar surface area (TPSA) is 55.4 Å². The summed E-state index contributed by atoms with van der Waals surface area (Å²) in [5.41, 5.74) is -0.694. The highest BCUT2D eigenvalue weighted by Gasteiger charge is 2.32. The van der Waals surface area contributed by atoms with Crippen LogP contribution < -0.4 is 5.32 Å². The smallest absolute Gasteiger partial charge is 0.416 e. The van der Waals surface area contributed by atoms with Gasteiger partial charge in [-0.05, 0) is 35.9 Å². The lowest BCUT2D eigenvalue weighted by Crippen LogP contribution is -2.29. The van der Waals surface area contributed by atoms with Gasteiger partial charge in [-0.15, -0.1) is 0 Å². The average molecular weight is 372 g/mol. The van der Waals surface area contributed by atoms with E-state index in [1.807, 2.05) is 0 Å². The summed E-state index contributed by atoms with van der Waals surface area (Å²) in [5, 5.41) is 2.73. The summed E-state index contributed by atoms with van der Waals surface area (Å²) in [7, 11) is 0. The van der Waals surface area contributed by atoms with Crippen molar-refractivity contribution in [1.82, 2.24) is 5.32 Å². The van der Waals surface area contributed by atoms with Crippen LogP contribution in [0.5, 0.6) is 0 Å². The Morgan fingerprint density at radius 2 is 1.68 bits per heavy atom. The predicted molar refractivity (Wildman–Crippen MR) is 85.0 cm³/mol. The quantitative estimate of drug-likeness (QED) is 0.813. The third-order valence-corrected chi connectivity index (χ3v) is 3.47. The molecule has 0 atom stereocenters. The van der Waals surface area contributed by atoms with Crippen molar-refractivity contribution in [3.05, 3.63) is 70.2 Å². The van der Waals surface area contributed by atoms with Crippen molar-refractivity contribution < 1.29 is 27.5 Å². The first-order valence-corrected chi connectivity index (χ1v) is 7.49. The monoisotopic (exact) mass is 371 g/mol. The maximum Gasteiger partial charge on any atom is 0.416 e. The first kappa shape index (κ1) is 18.8. The molecule has 0 aliphatic carbocycles. The zero-order valence-corrected chi connectivity index (χ0v) is 13.5. The minimum absolute atomic E-state index is 0.0765. The fraction of sp³-hybridized carbons (Fsp3) is 0.176. The Morgan fingerprint density at radius 3 is 2.32 bits per heavy atom. The van der Waals surface area contributed by atoms with Crippen LogP contribution in [0.4, 0.5) is 13.2 Å². The number of nitrogens with one attached hydrogen (secondary N) is 1. The molecule has 0 heterocycles. The van der Waals surface area contributed by atoms with Crippen LogP contribution in [0.2, 0.25) is 5.02 Å². The first-order valence-electron chi connectivity index (χ1n) is 7.12. The number of halogens is 4. The third-order valence-electron chi connectivity index (χ3n) is 3.21. The van der Waals surface area contributed by atoms with Crippen LogP contribution in [-0.2, 0) is 22.3 Å². The van der Waals surface area contributed by atoms with Gasteiger partial charge in [-0.2, -0.15) is 13.2 Å². The number of ether oxygens (including phenoxy) is 1. The van der Waals surface area contributed by atoms with Crippen LogP contribution in [0.3, 0.4) is 0 Å². The Kier molecular flexibility index (Phi) is 6.03. The number of amides is 1. The van der Waals surface area contributed by atoms with Gasteiger partial charge in [0.2, 0.25) is 0 Å². The maximum absolute atomic E-state index is 12.9. The Bertz CT molecular complexity index is 760. The lowest BCUT2D eigenvalue weighted by Gasteiger charge is -2.13. The molecule has 0 saturated carbocycles. The molecule has 1 N–H and O–H groups in total. The van der Waals surface area contributed by atoms with E-state index in [0.29, 0.717) is 5.02 Å². The van der Waals surface area contributed by atoms with Gasteiger partial charge in [-0.3, -0.25) is 4.79 Å². The minimum atomic E-state index is -4.51. The van der Waals surface area contributed by atoms with Gasteiger partial charge >= 0.3 is 12.1 Å². The van der Waals surface area contributed by atoms with E-state index in [9.17, 15) is 22.8 Å². The first-order chi connectivity index (χ1) is 11.8. The SMILES string of the molecule is O=C(COC(=O)c1ccc(Cl)cc1)NCc1ccccc1C(F)(F)F. The van der Waals surface area contributed by atoms with E-state index in [2.05, 4.69) is 5.32 Å². The average Bonchev–Trinajstić information content (AvgIpc) is 2.58. The molecule has 0 aromatic heterocycles. The molecule has 2 aromatic carbocycles.